The summed E-state index contributed by atoms with van der Waals surface area (Å²) in [6, 6.07) is 13.3. The number of carbonyl (C=O) groups is 2. The summed E-state index contributed by atoms with van der Waals surface area (Å²) in [5.74, 6) is -0.255. The Morgan fingerprint density at radius 3 is 2.42 bits per heavy atom. The maximum atomic E-state index is 11.8. The Balaban J connectivity index is 1.86. The van der Waals surface area contributed by atoms with Crippen molar-refractivity contribution in [2.45, 2.75) is 0 Å². The average Bonchev–Trinajstić information content (AvgIpc) is 2.61. The molecule has 0 spiro atoms. The molecule has 2 rings (SSSR count). The van der Waals surface area contributed by atoms with Crippen molar-refractivity contribution in [3.63, 3.8) is 0 Å². The summed E-state index contributed by atoms with van der Waals surface area (Å²) in [5.41, 5.74) is 3.65. The van der Waals surface area contributed by atoms with Crippen molar-refractivity contribution in [1.29, 1.82) is 0 Å². The van der Waals surface area contributed by atoms with Gasteiger partial charge in [0.05, 0.1) is 13.3 Å². The molecular weight excluding hydrogens is 332 g/mol. The van der Waals surface area contributed by atoms with Crippen LogP contribution < -0.4 is 10.2 Å². The molecule has 1 N–H and O–H groups in total. The first kappa shape index (κ1) is 17.5. The molecule has 0 aliphatic heterocycles. The topological polar surface area (TPSA) is 77.0 Å². The van der Waals surface area contributed by atoms with E-state index in [9.17, 15) is 9.59 Å². The fraction of sp³-hybridized carbons (Fsp3) is 0.118. The second-order valence-corrected chi connectivity index (χ2v) is 5.08. The van der Waals surface area contributed by atoms with E-state index in [1.165, 1.54) is 13.3 Å². The Hall–Kier alpha value is -2.86. The summed E-state index contributed by atoms with van der Waals surface area (Å²) >= 11 is 5.76. The number of methoxy groups -OCH3 is 1. The Labute approximate surface area is 144 Å². The normalized spacial score (nSPS) is 10.4. The summed E-state index contributed by atoms with van der Waals surface area (Å²) in [4.78, 5) is 22.8. The van der Waals surface area contributed by atoms with Crippen molar-refractivity contribution in [2.75, 3.05) is 13.7 Å². The van der Waals surface area contributed by atoms with Crippen LogP contribution in [0.2, 0.25) is 5.02 Å². The lowest BCUT2D eigenvalue weighted by molar-refractivity contribution is -0.142. The van der Waals surface area contributed by atoms with Gasteiger partial charge in [0.1, 0.15) is 5.75 Å². The molecule has 0 aromatic heterocycles. The first-order valence-corrected chi connectivity index (χ1v) is 7.35. The Kier molecular flexibility index (Phi) is 6.33. The number of carbonyl (C=O) groups excluding carboxylic acids is 2. The van der Waals surface area contributed by atoms with E-state index in [0.29, 0.717) is 16.3 Å². The lowest BCUT2D eigenvalue weighted by atomic mass is 10.2. The highest BCUT2D eigenvalue weighted by atomic mass is 35.5. The molecule has 0 unspecified atom stereocenters. The standard InChI is InChI=1S/C17H15ClN2O4/c1-23-16(21)11-24-15-8-2-12(3-9-15)10-19-20-17(22)13-4-6-14(18)7-5-13/h2-10H,11H2,1H3,(H,20,22). The van der Waals surface area contributed by atoms with Gasteiger partial charge in [0.25, 0.3) is 5.91 Å². The first-order valence-electron chi connectivity index (χ1n) is 6.97. The number of amides is 1. The van der Waals surface area contributed by atoms with Crippen LogP contribution in [0.3, 0.4) is 0 Å². The molecule has 0 heterocycles. The quantitative estimate of drug-likeness (QED) is 0.495. The van der Waals surface area contributed by atoms with Gasteiger partial charge in [-0.1, -0.05) is 11.6 Å². The smallest absolute Gasteiger partial charge is 0.343 e. The fourth-order valence-corrected chi connectivity index (χ4v) is 1.81. The van der Waals surface area contributed by atoms with Crippen LogP contribution in [0, 0.1) is 0 Å². The van der Waals surface area contributed by atoms with E-state index in [1.54, 1.807) is 48.5 Å². The third-order valence-electron chi connectivity index (χ3n) is 2.95. The molecule has 6 nitrogen and oxygen atoms in total. The number of esters is 1. The molecule has 2 aromatic rings. The summed E-state index contributed by atoms with van der Waals surface area (Å²) in [7, 11) is 1.30. The number of benzene rings is 2. The van der Waals surface area contributed by atoms with Crippen molar-refractivity contribution in [2.24, 2.45) is 5.10 Å². The molecule has 0 saturated heterocycles. The van der Waals surface area contributed by atoms with Gasteiger partial charge < -0.3 is 9.47 Å². The van der Waals surface area contributed by atoms with Gasteiger partial charge in [0.2, 0.25) is 0 Å². The predicted molar refractivity (Wildman–Crippen MR) is 90.5 cm³/mol. The van der Waals surface area contributed by atoms with Gasteiger partial charge in [-0.15, -0.1) is 0 Å². The average molecular weight is 347 g/mol. The van der Waals surface area contributed by atoms with Gasteiger partial charge in [0.15, 0.2) is 6.61 Å². The third-order valence-corrected chi connectivity index (χ3v) is 3.20. The maximum absolute atomic E-state index is 11.8. The Morgan fingerprint density at radius 1 is 1.12 bits per heavy atom. The minimum atomic E-state index is -0.453. The summed E-state index contributed by atoms with van der Waals surface area (Å²) < 4.78 is 9.71. The van der Waals surface area contributed by atoms with Gasteiger partial charge in [0, 0.05) is 10.6 Å². The number of rotatable bonds is 6. The molecule has 124 valence electrons. The van der Waals surface area contributed by atoms with Gasteiger partial charge >= 0.3 is 5.97 Å². The largest absolute Gasteiger partial charge is 0.482 e. The van der Waals surface area contributed by atoms with Crippen molar-refractivity contribution in [1.82, 2.24) is 5.43 Å². The fourth-order valence-electron chi connectivity index (χ4n) is 1.68. The number of nitrogens with one attached hydrogen (secondary N) is 1. The highest BCUT2D eigenvalue weighted by Crippen LogP contribution is 2.11. The first-order chi connectivity index (χ1) is 11.6. The van der Waals surface area contributed by atoms with Crippen molar-refractivity contribution < 1.29 is 19.1 Å². The Morgan fingerprint density at radius 2 is 1.79 bits per heavy atom. The van der Waals surface area contributed by atoms with E-state index < -0.39 is 5.97 Å². The summed E-state index contributed by atoms with van der Waals surface area (Å²) in [6.07, 6.45) is 1.50. The minimum Gasteiger partial charge on any atom is -0.482 e. The molecule has 0 atom stereocenters. The van der Waals surface area contributed by atoms with Crippen LogP contribution >= 0.6 is 11.6 Å². The minimum absolute atomic E-state index is 0.152. The van der Waals surface area contributed by atoms with E-state index in [0.717, 1.165) is 5.56 Å². The van der Waals surface area contributed by atoms with Gasteiger partial charge in [-0.25, -0.2) is 10.2 Å². The highest BCUT2D eigenvalue weighted by molar-refractivity contribution is 6.30. The monoisotopic (exact) mass is 346 g/mol. The van der Waals surface area contributed by atoms with Gasteiger partial charge in [-0.05, 0) is 54.1 Å². The van der Waals surface area contributed by atoms with Crippen LogP contribution in [0.1, 0.15) is 15.9 Å². The van der Waals surface area contributed by atoms with Crippen LogP contribution in [-0.4, -0.2) is 31.8 Å². The molecule has 0 fully saturated rings. The molecule has 1 amide bonds. The van der Waals surface area contributed by atoms with Crippen LogP contribution in [0.25, 0.3) is 0 Å². The molecule has 0 saturated carbocycles. The van der Waals surface area contributed by atoms with Crippen LogP contribution in [0.5, 0.6) is 5.75 Å². The highest BCUT2D eigenvalue weighted by Gasteiger charge is 2.03. The molecule has 0 radical (unpaired) electrons. The molecule has 0 bridgehead atoms. The van der Waals surface area contributed by atoms with E-state index in [1.807, 2.05) is 0 Å². The second kappa shape index (κ2) is 8.69. The van der Waals surface area contributed by atoms with Crippen molar-refractivity contribution in [3.8, 4) is 5.75 Å². The number of hydrogen-bond acceptors (Lipinski definition) is 5. The van der Waals surface area contributed by atoms with Crippen LogP contribution in [0.4, 0.5) is 0 Å². The summed E-state index contributed by atoms with van der Waals surface area (Å²) in [5, 5.41) is 4.44. The number of hydrogen-bond donors (Lipinski definition) is 1. The maximum Gasteiger partial charge on any atom is 0.343 e. The van der Waals surface area contributed by atoms with Crippen LogP contribution in [-0.2, 0) is 9.53 Å². The summed E-state index contributed by atoms with van der Waals surface area (Å²) in [6.45, 7) is -0.152. The van der Waals surface area contributed by atoms with E-state index in [-0.39, 0.29) is 12.5 Å². The van der Waals surface area contributed by atoms with Crippen molar-refractivity contribution >= 4 is 29.7 Å². The molecular formula is C17H15ClN2O4. The van der Waals surface area contributed by atoms with Crippen molar-refractivity contribution in [3.05, 3.63) is 64.7 Å². The zero-order valence-electron chi connectivity index (χ0n) is 12.9. The lowest BCUT2D eigenvalue weighted by Gasteiger charge is -2.04. The molecule has 0 aliphatic carbocycles. The molecule has 7 heteroatoms. The van der Waals surface area contributed by atoms with E-state index in [2.05, 4.69) is 15.3 Å². The number of ether oxygens (including phenoxy) is 2. The number of nitrogens with zero attached hydrogens (tertiary/aromatic N) is 1. The van der Waals surface area contributed by atoms with E-state index >= 15 is 0 Å². The lowest BCUT2D eigenvalue weighted by Crippen LogP contribution is -2.17. The van der Waals surface area contributed by atoms with Gasteiger partial charge in [-0.3, -0.25) is 4.79 Å². The van der Waals surface area contributed by atoms with Gasteiger partial charge in [-0.2, -0.15) is 5.10 Å². The van der Waals surface area contributed by atoms with E-state index in [4.69, 9.17) is 16.3 Å². The molecule has 2 aromatic carbocycles. The Bertz CT molecular complexity index is 727. The third kappa shape index (κ3) is 5.40. The number of halogens is 1. The van der Waals surface area contributed by atoms with Crippen LogP contribution in [0.15, 0.2) is 53.6 Å². The number of hydrazone groups is 1. The SMILES string of the molecule is COC(=O)COc1ccc(C=NNC(=O)c2ccc(Cl)cc2)cc1. The zero-order valence-corrected chi connectivity index (χ0v) is 13.6. The second-order valence-electron chi connectivity index (χ2n) is 4.64. The molecule has 0 aliphatic rings. The molecule has 24 heavy (non-hydrogen) atoms. The predicted octanol–water partition coefficient (Wildman–Crippen LogP) is 2.66. The zero-order chi connectivity index (χ0) is 17.4.